The van der Waals surface area contributed by atoms with Gasteiger partial charge in [0.15, 0.2) is 10.2 Å². The molecule has 0 aliphatic carbocycles. The molecule has 0 unspecified atom stereocenters. The smallest absolute Gasteiger partial charge is 0.175 e. The van der Waals surface area contributed by atoms with Crippen molar-refractivity contribution in [1.82, 2.24) is 15.6 Å². The Morgan fingerprint density at radius 3 is 1.73 bits per heavy atom. The first-order valence-electron chi connectivity index (χ1n) is 13.7. The molecule has 2 aromatic carbocycles. The molecule has 3 aromatic rings. The van der Waals surface area contributed by atoms with E-state index in [-0.39, 0.29) is 0 Å². The number of hydrogen-bond acceptors (Lipinski definition) is 3. The van der Waals surface area contributed by atoms with Crippen molar-refractivity contribution in [2.45, 2.75) is 13.8 Å². The maximum absolute atomic E-state index is 5.50. The Morgan fingerprint density at radius 2 is 1.23 bits per heavy atom. The van der Waals surface area contributed by atoms with Crippen molar-refractivity contribution in [1.29, 1.82) is 0 Å². The topological polar surface area (TPSA) is 61.0 Å². The molecule has 0 radical (unpaired) electrons. The predicted molar refractivity (Wildman–Crippen MR) is 194 cm³/mol. The van der Waals surface area contributed by atoms with Gasteiger partial charge in [0.25, 0.3) is 0 Å². The highest BCUT2D eigenvalue weighted by atomic mass is 32.1. The van der Waals surface area contributed by atoms with Crippen LogP contribution in [0.2, 0.25) is 0 Å². The Kier molecular flexibility index (Phi) is 13.6. The number of aromatic nitrogens is 1. The molecule has 0 saturated heterocycles. The minimum atomic E-state index is 0.443. The van der Waals surface area contributed by atoms with Crippen molar-refractivity contribution in [2.75, 3.05) is 10.6 Å². The van der Waals surface area contributed by atoms with E-state index in [2.05, 4.69) is 63.1 Å². The van der Waals surface area contributed by atoms with Crippen molar-refractivity contribution >= 4 is 46.0 Å². The zero-order valence-electron chi connectivity index (χ0n) is 24.6. The Hall–Kier alpha value is -5.47. The summed E-state index contributed by atoms with van der Waals surface area (Å²) in [5.74, 6) is 12.7. The molecule has 44 heavy (non-hydrogen) atoms. The van der Waals surface area contributed by atoms with E-state index in [9.17, 15) is 0 Å². The highest BCUT2D eigenvalue weighted by molar-refractivity contribution is 7.80. The average Bonchev–Trinajstić information content (AvgIpc) is 3.02. The summed E-state index contributed by atoms with van der Waals surface area (Å²) in [5, 5.41) is 13.7. The fourth-order valence-corrected chi connectivity index (χ4v) is 4.09. The lowest BCUT2D eigenvalue weighted by atomic mass is 10.1. The molecule has 0 bridgehead atoms. The summed E-state index contributed by atoms with van der Waals surface area (Å²) >= 11 is 11.0. The summed E-state index contributed by atoms with van der Waals surface area (Å²) in [5.41, 5.74) is 5.99. The fourth-order valence-electron chi connectivity index (χ4n) is 3.64. The summed E-state index contributed by atoms with van der Waals surface area (Å²) in [4.78, 5) is 4.63. The molecule has 5 nitrogen and oxygen atoms in total. The highest BCUT2D eigenvalue weighted by Gasteiger charge is 2.05. The van der Waals surface area contributed by atoms with Crippen LogP contribution in [-0.2, 0) is 0 Å². The van der Waals surface area contributed by atoms with Crippen molar-refractivity contribution in [2.24, 2.45) is 0 Å². The van der Waals surface area contributed by atoms with Crippen LogP contribution in [0.1, 0.15) is 36.4 Å². The second-order valence-electron chi connectivity index (χ2n) is 8.85. The standard InChI is InChI=1S/C37H33N5S2/c1-5-9-19-30(8-4)39-36(43)41-34-22-12-10-17-28(34)24-26-32-20-14-21-33(38-32)27-25-29-18-11-13-23-35(29)42-37(44)40-31(15-6-2)16-7-3/h5-23H,1-2H2,3-4H3,(H2,39,41,43)(H2,40,42,44)/b16-7-,19-9-,30-8+,31-15+. The van der Waals surface area contributed by atoms with Gasteiger partial charge in [-0.2, -0.15) is 0 Å². The average molecular weight is 612 g/mol. The zero-order valence-corrected chi connectivity index (χ0v) is 26.3. The van der Waals surface area contributed by atoms with Gasteiger partial charge in [-0.25, -0.2) is 4.98 Å². The largest absolute Gasteiger partial charge is 0.333 e. The fraction of sp³-hybridized carbons (Fsp3) is 0.0541. The van der Waals surface area contributed by atoms with Crippen LogP contribution in [0.3, 0.4) is 0 Å². The van der Waals surface area contributed by atoms with Crippen LogP contribution in [0.15, 0.2) is 140 Å². The van der Waals surface area contributed by atoms with E-state index < -0.39 is 0 Å². The lowest BCUT2D eigenvalue weighted by Crippen LogP contribution is -2.27. The van der Waals surface area contributed by atoms with Gasteiger partial charge in [0.1, 0.15) is 11.4 Å². The summed E-state index contributed by atoms with van der Waals surface area (Å²) < 4.78 is 0. The van der Waals surface area contributed by atoms with Gasteiger partial charge < -0.3 is 21.3 Å². The Morgan fingerprint density at radius 1 is 0.682 bits per heavy atom. The molecule has 0 atom stereocenters. The first-order valence-corrected chi connectivity index (χ1v) is 14.5. The van der Waals surface area contributed by atoms with Gasteiger partial charge in [0.05, 0.1) is 11.4 Å². The molecule has 0 fully saturated rings. The molecule has 0 aliphatic rings. The number of thiocarbonyl (C=S) groups is 2. The van der Waals surface area contributed by atoms with E-state index in [1.807, 2.05) is 117 Å². The number of anilines is 2. The van der Waals surface area contributed by atoms with Crippen molar-refractivity contribution in [3.63, 3.8) is 0 Å². The van der Waals surface area contributed by atoms with E-state index in [1.54, 1.807) is 12.2 Å². The zero-order chi connectivity index (χ0) is 31.6. The number of pyridine rings is 1. The maximum atomic E-state index is 5.50. The quantitative estimate of drug-likeness (QED) is 0.118. The van der Waals surface area contributed by atoms with E-state index in [1.165, 1.54) is 0 Å². The van der Waals surface area contributed by atoms with E-state index in [0.29, 0.717) is 21.6 Å². The molecule has 0 spiro atoms. The molecule has 218 valence electrons. The second-order valence-corrected chi connectivity index (χ2v) is 9.67. The third kappa shape index (κ3) is 11.1. The highest BCUT2D eigenvalue weighted by Crippen LogP contribution is 2.15. The number of hydrogen-bond donors (Lipinski definition) is 4. The van der Waals surface area contributed by atoms with Crippen molar-refractivity contribution < 1.29 is 0 Å². The molecule has 4 N–H and O–H groups in total. The number of rotatable bonds is 8. The summed E-state index contributed by atoms with van der Waals surface area (Å²) in [6.07, 6.45) is 14.7. The molecule has 1 heterocycles. The predicted octanol–water partition coefficient (Wildman–Crippen LogP) is 7.75. The van der Waals surface area contributed by atoms with Crippen LogP contribution >= 0.6 is 24.4 Å². The van der Waals surface area contributed by atoms with Crippen LogP contribution in [0.25, 0.3) is 0 Å². The number of benzene rings is 2. The SMILES string of the molecule is C=C/C=C\C(=C/C)NC(=S)Nc1ccccc1C#Cc1cccc(C#Cc2ccccc2NC(=S)NC(/C=C\C)=C/C=C)n1. The van der Waals surface area contributed by atoms with Crippen LogP contribution in [0.4, 0.5) is 11.4 Å². The van der Waals surface area contributed by atoms with Gasteiger partial charge in [-0.3, -0.25) is 0 Å². The van der Waals surface area contributed by atoms with Gasteiger partial charge in [-0.05, 0) is 105 Å². The first kappa shape index (κ1) is 33.0. The minimum Gasteiger partial charge on any atom is -0.333 e. The Labute approximate surface area is 271 Å². The maximum Gasteiger partial charge on any atom is 0.175 e. The van der Waals surface area contributed by atoms with Crippen LogP contribution in [-0.4, -0.2) is 15.2 Å². The van der Waals surface area contributed by atoms with Gasteiger partial charge in [-0.15, -0.1) is 0 Å². The first-order chi connectivity index (χ1) is 21.4. The molecular weight excluding hydrogens is 579 g/mol. The molecule has 3 rings (SSSR count). The number of para-hydroxylation sites is 2. The van der Waals surface area contributed by atoms with Gasteiger partial charge in [0.2, 0.25) is 0 Å². The molecular formula is C37H33N5S2. The Balaban J connectivity index is 1.76. The van der Waals surface area contributed by atoms with Crippen LogP contribution in [0, 0.1) is 23.7 Å². The summed E-state index contributed by atoms with van der Waals surface area (Å²) in [6, 6.07) is 21.0. The molecule has 0 saturated carbocycles. The van der Waals surface area contributed by atoms with Crippen LogP contribution < -0.4 is 21.3 Å². The third-order valence-corrected chi connectivity index (χ3v) is 6.04. The third-order valence-electron chi connectivity index (χ3n) is 5.63. The molecule has 0 aliphatic heterocycles. The second kappa shape index (κ2) is 18.1. The molecule has 0 amide bonds. The molecule has 1 aromatic heterocycles. The van der Waals surface area contributed by atoms with Gasteiger partial charge >= 0.3 is 0 Å². The molecule has 7 heteroatoms. The van der Waals surface area contributed by atoms with E-state index >= 15 is 0 Å². The van der Waals surface area contributed by atoms with Crippen molar-refractivity contribution in [3.05, 3.63) is 162 Å². The number of nitrogens with zero attached hydrogens (tertiary/aromatic N) is 1. The van der Waals surface area contributed by atoms with Crippen molar-refractivity contribution in [3.8, 4) is 23.7 Å². The van der Waals surface area contributed by atoms with Gasteiger partial charge in [-0.1, -0.05) is 85.7 Å². The van der Waals surface area contributed by atoms with E-state index in [0.717, 1.165) is 33.9 Å². The monoisotopic (exact) mass is 611 g/mol. The summed E-state index contributed by atoms with van der Waals surface area (Å²) in [6.45, 7) is 11.3. The van der Waals surface area contributed by atoms with Gasteiger partial charge in [0, 0.05) is 22.5 Å². The lowest BCUT2D eigenvalue weighted by molar-refractivity contribution is 1.18. The Bertz CT molecular complexity index is 1770. The van der Waals surface area contributed by atoms with E-state index in [4.69, 9.17) is 24.4 Å². The number of nitrogens with one attached hydrogen (secondary N) is 4. The normalized spacial score (nSPS) is 11.0. The van der Waals surface area contributed by atoms with Crippen LogP contribution in [0.5, 0.6) is 0 Å². The number of allylic oxidation sites excluding steroid dienone is 8. The summed E-state index contributed by atoms with van der Waals surface area (Å²) in [7, 11) is 0. The lowest BCUT2D eigenvalue weighted by Gasteiger charge is -2.12. The minimum absolute atomic E-state index is 0.443.